The van der Waals surface area contributed by atoms with Crippen molar-refractivity contribution in [3.05, 3.63) is 34.9 Å². The van der Waals surface area contributed by atoms with Crippen molar-refractivity contribution in [3.8, 4) is 0 Å². The summed E-state index contributed by atoms with van der Waals surface area (Å²) in [4.78, 5) is 11.0. The second-order valence-electron chi connectivity index (χ2n) is 4.36. The molecule has 1 unspecified atom stereocenters. The normalized spacial score (nSPS) is 17.9. The second kappa shape index (κ2) is 3.56. The van der Waals surface area contributed by atoms with Crippen LogP contribution in [-0.2, 0) is 4.79 Å². The van der Waals surface area contributed by atoms with Crippen LogP contribution < -0.4 is 0 Å². The lowest BCUT2D eigenvalue weighted by Gasteiger charge is -2.12. The predicted molar refractivity (Wildman–Crippen MR) is 57.4 cm³/mol. The van der Waals surface area contributed by atoms with E-state index in [9.17, 15) is 4.79 Å². The van der Waals surface area contributed by atoms with Crippen LogP contribution in [0.5, 0.6) is 0 Å². The molecule has 1 atom stereocenters. The van der Waals surface area contributed by atoms with Gasteiger partial charge in [0, 0.05) is 5.92 Å². The quantitative estimate of drug-likeness (QED) is 0.666. The van der Waals surface area contributed by atoms with E-state index in [1.165, 1.54) is 29.5 Å². The Kier molecular flexibility index (Phi) is 2.40. The minimum absolute atomic E-state index is 0.149. The van der Waals surface area contributed by atoms with Gasteiger partial charge in [0.05, 0.1) is 0 Å². The Morgan fingerprint density at radius 3 is 2.57 bits per heavy atom. The van der Waals surface area contributed by atoms with Crippen molar-refractivity contribution >= 4 is 6.29 Å². The van der Waals surface area contributed by atoms with Gasteiger partial charge in [-0.05, 0) is 43.7 Å². The highest BCUT2D eigenvalue weighted by Gasteiger charge is 2.32. The number of carbonyl (C=O) groups is 1. The predicted octanol–water partition coefficient (Wildman–Crippen LogP) is 3.00. The highest BCUT2D eigenvalue weighted by molar-refractivity contribution is 5.64. The zero-order valence-corrected chi connectivity index (χ0v) is 8.79. The van der Waals surface area contributed by atoms with Gasteiger partial charge in [-0.2, -0.15) is 0 Å². The van der Waals surface area contributed by atoms with Crippen molar-refractivity contribution in [1.29, 1.82) is 0 Å². The van der Waals surface area contributed by atoms with Crippen molar-refractivity contribution in [3.63, 3.8) is 0 Å². The number of hydrogen-bond donors (Lipinski definition) is 0. The Hall–Kier alpha value is -1.11. The summed E-state index contributed by atoms with van der Waals surface area (Å²) in [5.74, 6) is 0.768. The van der Waals surface area contributed by atoms with Gasteiger partial charge in [-0.25, -0.2) is 0 Å². The topological polar surface area (TPSA) is 17.1 Å². The van der Waals surface area contributed by atoms with Crippen LogP contribution in [-0.4, -0.2) is 6.29 Å². The van der Waals surface area contributed by atoms with Gasteiger partial charge < -0.3 is 4.79 Å². The number of rotatable bonds is 3. The van der Waals surface area contributed by atoms with Crippen LogP contribution in [0.4, 0.5) is 0 Å². The molecule has 0 heterocycles. The van der Waals surface area contributed by atoms with Gasteiger partial charge in [0.2, 0.25) is 0 Å². The van der Waals surface area contributed by atoms with Crippen LogP contribution in [0.15, 0.2) is 18.2 Å². The van der Waals surface area contributed by atoms with Crippen LogP contribution in [0.3, 0.4) is 0 Å². The molecule has 0 N–H and O–H groups in total. The summed E-state index contributed by atoms with van der Waals surface area (Å²) in [7, 11) is 0. The van der Waals surface area contributed by atoms with Gasteiger partial charge in [0.15, 0.2) is 0 Å². The molecule has 1 aromatic carbocycles. The van der Waals surface area contributed by atoms with Gasteiger partial charge >= 0.3 is 0 Å². The molecular weight excluding hydrogens is 172 g/mol. The second-order valence-corrected chi connectivity index (χ2v) is 4.36. The molecule has 1 fully saturated rings. The Morgan fingerprint density at radius 1 is 1.36 bits per heavy atom. The SMILES string of the molecule is Cc1ccc(C(C=O)C2CC2)c(C)c1. The van der Waals surface area contributed by atoms with E-state index < -0.39 is 0 Å². The first-order chi connectivity index (χ1) is 6.72. The summed E-state index contributed by atoms with van der Waals surface area (Å²) in [5, 5.41) is 0. The first kappa shape index (κ1) is 9.45. The molecule has 0 spiro atoms. The molecule has 2 rings (SSSR count). The summed E-state index contributed by atoms with van der Waals surface area (Å²) >= 11 is 0. The van der Waals surface area contributed by atoms with Crippen LogP contribution in [0.25, 0.3) is 0 Å². The smallest absolute Gasteiger partial charge is 0.127 e. The van der Waals surface area contributed by atoms with E-state index in [0.29, 0.717) is 5.92 Å². The molecule has 1 aliphatic rings. The molecule has 0 aromatic heterocycles. The van der Waals surface area contributed by atoms with Crippen molar-refractivity contribution in [1.82, 2.24) is 0 Å². The zero-order chi connectivity index (χ0) is 10.1. The van der Waals surface area contributed by atoms with Gasteiger partial charge in [-0.1, -0.05) is 23.8 Å². The van der Waals surface area contributed by atoms with Crippen LogP contribution in [0.2, 0.25) is 0 Å². The number of aldehydes is 1. The average Bonchev–Trinajstić information content (AvgIpc) is 2.93. The lowest BCUT2D eigenvalue weighted by molar-refractivity contribution is -0.109. The first-order valence-electron chi connectivity index (χ1n) is 5.25. The fourth-order valence-electron chi connectivity index (χ4n) is 2.09. The maximum absolute atomic E-state index is 11.0. The Bertz CT molecular complexity index is 350. The van der Waals surface area contributed by atoms with Crippen molar-refractivity contribution in [2.24, 2.45) is 5.92 Å². The third-order valence-electron chi connectivity index (χ3n) is 3.06. The van der Waals surface area contributed by atoms with Gasteiger partial charge in [-0.15, -0.1) is 0 Å². The van der Waals surface area contributed by atoms with Crippen LogP contribution >= 0.6 is 0 Å². The first-order valence-corrected chi connectivity index (χ1v) is 5.25. The fraction of sp³-hybridized carbons (Fsp3) is 0.462. The van der Waals surface area contributed by atoms with E-state index in [1.807, 2.05) is 0 Å². The van der Waals surface area contributed by atoms with Crippen LogP contribution in [0.1, 0.15) is 35.4 Å². The fourth-order valence-corrected chi connectivity index (χ4v) is 2.09. The van der Waals surface area contributed by atoms with Gasteiger partial charge in [-0.3, -0.25) is 0 Å². The van der Waals surface area contributed by atoms with E-state index in [0.717, 1.165) is 6.29 Å². The van der Waals surface area contributed by atoms with Gasteiger partial charge in [0.1, 0.15) is 6.29 Å². The third kappa shape index (κ3) is 1.72. The van der Waals surface area contributed by atoms with E-state index >= 15 is 0 Å². The molecule has 1 aliphatic carbocycles. The molecule has 0 bridgehead atoms. The molecule has 0 saturated heterocycles. The molecule has 0 radical (unpaired) electrons. The van der Waals surface area contributed by atoms with E-state index in [1.54, 1.807) is 0 Å². The number of aryl methyl sites for hydroxylation is 2. The minimum atomic E-state index is 0.149. The summed E-state index contributed by atoms with van der Waals surface area (Å²) in [5.41, 5.74) is 3.76. The third-order valence-corrected chi connectivity index (χ3v) is 3.06. The van der Waals surface area contributed by atoms with Crippen molar-refractivity contribution in [2.45, 2.75) is 32.6 Å². The van der Waals surface area contributed by atoms with E-state index in [-0.39, 0.29) is 5.92 Å². The summed E-state index contributed by atoms with van der Waals surface area (Å²) in [6, 6.07) is 6.37. The lowest BCUT2D eigenvalue weighted by Crippen LogP contribution is -2.04. The van der Waals surface area contributed by atoms with E-state index in [2.05, 4.69) is 32.0 Å². The standard InChI is InChI=1S/C13H16O/c1-9-3-6-12(10(2)7-9)13(8-14)11-4-5-11/h3,6-8,11,13H,4-5H2,1-2H3. The largest absolute Gasteiger partial charge is 0.303 e. The number of hydrogen-bond acceptors (Lipinski definition) is 1. The zero-order valence-electron chi connectivity index (χ0n) is 8.79. The van der Waals surface area contributed by atoms with Gasteiger partial charge in [0.25, 0.3) is 0 Å². The van der Waals surface area contributed by atoms with Crippen molar-refractivity contribution in [2.75, 3.05) is 0 Å². The molecule has 1 saturated carbocycles. The Labute approximate surface area is 85.1 Å². The molecule has 74 valence electrons. The average molecular weight is 188 g/mol. The molecular formula is C13H16O. The number of carbonyl (C=O) groups excluding carboxylic acids is 1. The van der Waals surface area contributed by atoms with Crippen LogP contribution in [0, 0.1) is 19.8 Å². The highest BCUT2D eigenvalue weighted by atomic mass is 16.1. The van der Waals surface area contributed by atoms with E-state index in [4.69, 9.17) is 0 Å². The minimum Gasteiger partial charge on any atom is -0.303 e. The Morgan fingerprint density at radius 2 is 2.07 bits per heavy atom. The molecule has 0 amide bonds. The molecule has 1 nitrogen and oxygen atoms in total. The molecule has 1 heteroatoms. The Balaban J connectivity index is 2.33. The summed E-state index contributed by atoms with van der Waals surface area (Å²) < 4.78 is 0. The molecule has 0 aliphatic heterocycles. The number of benzene rings is 1. The maximum atomic E-state index is 11.0. The molecule has 14 heavy (non-hydrogen) atoms. The molecule has 1 aromatic rings. The summed E-state index contributed by atoms with van der Waals surface area (Å²) in [6.45, 7) is 4.19. The van der Waals surface area contributed by atoms with Crippen molar-refractivity contribution < 1.29 is 4.79 Å². The highest BCUT2D eigenvalue weighted by Crippen LogP contribution is 2.42. The maximum Gasteiger partial charge on any atom is 0.127 e. The monoisotopic (exact) mass is 188 g/mol. The summed E-state index contributed by atoms with van der Waals surface area (Å²) in [6.07, 6.45) is 3.56. The lowest BCUT2D eigenvalue weighted by atomic mass is 9.91.